The van der Waals surface area contributed by atoms with Crippen LogP contribution in [0.3, 0.4) is 0 Å². The van der Waals surface area contributed by atoms with Crippen LogP contribution in [0.1, 0.15) is 15.9 Å². The fraction of sp³-hybridized carbons (Fsp3) is 0.200. The van der Waals surface area contributed by atoms with E-state index >= 15 is 0 Å². The van der Waals surface area contributed by atoms with Crippen molar-refractivity contribution in [2.24, 2.45) is 14.1 Å². The summed E-state index contributed by atoms with van der Waals surface area (Å²) in [4.78, 5) is 29.6. The molecule has 178 valence electrons. The highest BCUT2D eigenvalue weighted by Gasteiger charge is 2.14. The Morgan fingerprint density at radius 2 is 1.77 bits per heavy atom. The van der Waals surface area contributed by atoms with E-state index in [9.17, 15) is 9.59 Å². The van der Waals surface area contributed by atoms with Crippen molar-refractivity contribution in [2.75, 3.05) is 19.5 Å². The largest absolute Gasteiger partial charge is 0.497 e. The fourth-order valence-electron chi connectivity index (χ4n) is 4.14. The molecule has 1 N–H and O–H groups in total. The number of hydrogen-bond acceptors (Lipinski definition) is 6. The third-order valence-electron chi connectivity index (χ3n) is 6.08. The molecule has 0 unspecified atom stereocenters. The van der Waals surface area contributed by atoms with Gasteiger partial charge in [-0.05, 0) is 36.4 Å². The van der Waals surface area contributed by atoms with Gasteiger partial charge < -0.3 is 14.8 Å². The number of imidazole rings is 1. The fourth-order valence-corrected chi connectivity index (χ4v) is 4.14. The van der Waals surface area contributed by atoms with Gasteiger partial charge in [0.05, 0.1) is 43.6 Å². The van der Waals surface area contributed by atoms with E-state index in [4.69, 9.17) is 9.47 Å². The number of ether oxygens (including phenoxy) is 2. The van der Waals surface area contributed by atoms with Gasteiger partial charge in [0.25, 0.3) is 5.91 Å². The zero-order chi connectivity index (χ0) is 24.7. The smallest absolute Gasteiger partial charge is 0.328 e. The third kappa shape index (κ3) is 3.88. The van der Waals surface area contributed by atoms with Gasteiger partial charge in [0.2, 0.25) is 0 Å². The summed E-state index contributed by atoms with van der Waals surface area (Å²) in [6, 6.07) is 12.7. The number of nitrogens with one attached hydrogen (secondary N) is 1. The molecule has 0 fully saturated rings. The number of amides is 1. The molecular weight excluding hydrogens is 448 g/mol. The van der Waals surface area contributed by atoms with E-state index in [0.717, 1.165) is 22.0 Å². The molecule has 3 heterocycles. The predicted octanol–water partition coefficient (Wildman–Crippen LogP) is 2.94. The number of methoxy groups -OCH3 is 2. The van der Waals surface area contributed by atoms with Gasteiger partial charge in [0, 0.05) is 43.0 Å². The minimum Gasteiger partial charge on any atom is -0.497 e. The highest BCUT2D eigenvalue weighted by atomic mass is 16.5. The van der Waals surface area contributed by atoms with Gasteiger partial charge in [0.15, 0.2) is 5.65 Å². The Balaban J connectivity index is 1.39. The minimum absolute atomic E-state index is 0.123. The molecule has 5 rings (SSSR count). The van der Waals surface area contributed by atoms with Crippen LogP contribution in [-0.4, -0.2) is 44.0 Å². The minimum atomic E-state index is -0.302. The number of benzene rings is 2. The van der Waals surface area contributed by atoms with Crippen LogP contribution in [0.25, 0.3) is 22.1 Å². The van der Waals surface area contributed by atoms with Crippen molar-refractivity contribution in [3.05, 3.63) is 76.5 Å². The molecule has 10 heteroatoms. The number of pyridine rings is 1. The maximum absolute atomic E-state index is 12.9. The van der Waals surface area contributed by atoms with Gasteiger partial charge in [-0.1, -0.05) is 0 Å². The van der Waals surface area contributed by atoms with Crippen LogP contribution >= 0.6 is 0 Å². The van der Waals surface area contributed by atoms with Crippen molar-refractivity contribution in [3.63, 3.8) is 0 Å². The van der Waals surface area contributed by atoms with Crippen molar-refractivity contribution in [1.82, 2.24) is 23.9 Å². The second-order valence-electron chi connectivity index (χ2n) is 8.18. The van der Waals surface area contributed by atoms with Crippen molar-refractivity contribution >= 4 is 33.7 Å². The first kappa shape index (κ1) is 22.2. The molecule has 3 aromatic heterocycles. The zero-order valence-corrected chi connectivity index (χ0v) is 19.8. The molecule has 5 aromatic rings. The third-order valence-corrected chi connectivity index (χ3v) is 6.08. The van der Waals surface area contributed by atoms with Gasteiger partial charge >= 0.3 is 5.69 Å². The Labute approximate surface area is 200 Å². The second kappa shape index (κ2) is 8.64. The summed E-state index contributed by atoms with van der Waals surface area (Å²) in [6.07, 6.45) is 3.21. The second-order valence-corrected chi connectivity index (χ2v) is 8.18. The lowest BCUT2D eigenvalue weighted by Crippen LogP contribution is -2.19. The molecule has 0 radical (unpaired) electrons. The lowest BCUT2D eigenvalue weighted by molar-refractivity contribution is 0.102. The highest BCUT2D eigenvalue weighted by molar-refractivity contribution is 6.06. The Bertz CT molecular complexity index is 1650. The molecule has 0 atom stereocenters. The molecule has 0 aliphatic carbocycles. The van der Waals surface area contributed by atoms with Gasteiger partial charge in [-0.15, -0.1) is 0 Å². The molecule has 0 saturated carbocycles. The van der Waals surface area contributed by atoms with Crippen LogP contribution in [0.5, 0.6) is 11.5 Å². The average Bonchev–Trinajstić information content (AvgIpc) is 3.37. The summed E-state index contributed by atoms with van der Waals surface area (Å²) in [5.74, 6) is 1.10. The molecule has 10 nitrogen and oxygen atoms in total. The average molecular weight is 473 g/mol. The molecule has 0 saturated heterocycles. The molecule has 35 heavy (non-hydrogen) atoms. The van der Waals surface area contributed by atoms with Crippen LogP contribution in [0.4, 0.5) is 5.69 Å². The van der Waals surface area contributed by atoms with Gasteiger partial charge in [0.1, 0.15) is 11.5 Å². The standard InChI is InChI=1S/C25H24N6O4/c1-29-20-8-6-18(10-21(20)30(2)25(29)33)28-24(32)17-9-16-13-27-31(23(16)26-12-17)14-15-5-7-19(34-3)11-22(15)35-4/h5-13H,14H2,1-4H3,(H,28,32). The van der Waals surface area contributed by atoms with Crippen LogP contribution < -0.4 is 20.5 Å². The molecule has 0 bridgehead atoms. The molecule has 0 spiro atoms. The maximum atomic E-state index is 12.9. The first-order valence-corrected chi connectivity index (χ1v) is 10.9. The molecule has 0 aliphatic heterocycles. The van der Waals surface area contributed by atoms with Crippen LogP contribution in [0, 0.1) is 0 Å². The molecule has 1 amide bonds. The number of hydrogen-bond donors (Lipinski definition) is 1. The number of nitrogens with zero attached hydrogens (tertiary/aromatic N) is 5. The summed E-state index contributed by atoms with van der Waals surface area (Å²) >= 11 is 0. The Morgan fingerprint density at radius 1 is 0.971 bits per heavy atom. The number of aryl methyl sites for hydroxylation is 2. The van der Waals surface area contributed by atoms with E-state index in [-0.39, 0.29) is 11.6 Å². The Hall–Kier alpha value is -4.60. The van der Waals surface area contributed by atoms with Crippen molar-refractivity contribution in [3.8, 4) is 11.5 Å². The summed E-state index contributed by atoms with van der Waals surface area (Å²) in [5, 5.41) is 8.07. The van der Waals surface area contributed by atoms with Crippen LogP contribution in [-0.2, 0) is 20.6 Å². The number of fused-ring (bicyclic) bond motifs is 2. The topological polar surface area (TPSA) is 105 Å². The normalized spacial score (nSPS) is 11.2. The van der Waals surface area contributed by atoms with Gasteiger partial charge in [-0.2, -0.15) is 5.10 Å². The molecule has 2 aromatic carbocycles. The van der Waals surface area contributed by atoms with Crippen LogP contribution in [0.15, 0.2) is 59.7 Å². The zero-order valence-electron chi connectivity index (χ0n) is 19.8. The Morgan fingerprint density at radius 3 is 2.54 bits per heavy atom. The lowest BCUT2D eigenvalue weighted by Gasteiger charge is -2.11. The highest BCUT2D eigenvalue weighted by Crippen LogP contribution is 2.26. The molecular formula is C25H24N6O4. The maximum Gasteiger partial charge on any atom is 0.328 e. The first-order chi connectivity index (χ1) is 16.9. The number of aromatic nitrogens is 5. The summed E-state index contributed by atoms with van der Waals surface area (Å²) in [5.41, 5.74) is 3.97. The van der Waals surface area contributed by atoms with Crippen molar-refractivity contribution in [1.29, 1.82) is 0 Å². The van der Waals surface area contributed by atoms with E-state index in [0.29, 0.717) is 34.9 Å². The van der Waals surface area contributed by atoms with Crippen molar-refractivity contribution in [2.45, 2.75) is 6.54 Å². The number of carbonyl (C=O) groups is 1. The summed E-state index contributed by atoms with van der Waals surface area (Å²) < 4.78 is 15.6. The number of rotatable bonds is 6. The SMILES string of the molecule is COc1ccc(Cn2ncc3cc(C(=O)Nc4ccc5c(c4)n(C)c(=O)n5C)cnc32)c(OC)c1. The van der Waals surface area contributed by atoms with Gasteiger partial charge in [-0.25, -0.2) is 14.5 Å². The monoisotopic (exact) mass is 472 g/mol. The quantitative estimate of drug-likeness (QED) is 0.407. The van der Waals surface area contributed by atoms with E-state index in [2.05, 4.69) is 15.4 Å². The number of anilines is 1. The van der Waals surface area contributed by atoms with Gasteiger partial charge in [-0.3, -0.25) is 13.9 Å². The predicted molar refractivity (Wildman–Crippen MR) is 132 cm³/mol. The number of carbonyl (C=O) groups excluding carboxylic acids is 1. The van der Waals surface area contributed by atoms with Crippen LogP contribution in [0.2, 0.25) is 0 Å². The van der Waals surface area contributed by atoms with E-state index in [1.165, 1.54) is 6.20 Å². The van der Waals surface area contributed by atoms with E-state index < -0.39 is 0 Å². The van der Waals surface area contributed by atoms with Crippen molar-refractivity contribution < 1.29 is 14.3 Å². The Kier molecular flexibility index (Phi) is 5.48. The lowest BCUT2D eigenvalue weighted by atomic mass is 10.2. The summed E-state index contributed by atoms with van der Waals surface area (Å²) in [7, 11) is 6.63. The summed E-state index contributed by atoms with van der Waals surface area (Å²) in [6.45, 7) is 0.449. The molecule has 0 aliphatic rings. The van der Waals surface area contributed by atoms with E-state index in [1.807, 2.05) is 24.3 Å². The first-order valence-electron chi connectivity index (χ1n) is 10.9. The van der Waals surface area contributed by atoms with E-state index in [1.54, 1.807) is 66.5 Å².